The average molecular weight is 289 g/mol. The summed E-state index contributed by atoms with van der Waals surface area (Å²) in [5, 5.41) is 19.1. The van der Waals surface area contributed by atoms with Crippen molar-refractivity contribution >= 4 is 5.69 Å². The Morgan fingerprint density at radius 2 is 2.15 bits per heavy atom. The third-order valence-corrected chi connectivity index (χ3v) is 2.70. The maximum absolute atomic E-state index is 12.5. The zero-order chi connectivity index (χ0) is 14.8. The molecule has 2 aromatic rings. The van der Waals surface area contributed by atoms with Crippen LogP contribution in [0, 0.1) is 0 Å². The Balaban J connectivity index is 2.01. The number of nitrogens with one attached hydrogen (secondary N) is 1. The lowest BCUT2D eigenvalue weighted by Gasteiger charge is -2.03. The minimum Gasteiger partial charge on any atom is -0.394 e. The van der Waals surface area contributed by atoms with E-state index in [1.807, 2.05) is 0 Å². The molecule has 0 atom stereocenters. The highest BCUT2D eigenvalue weighted by atomic mass is 19.4. The first kappa shape index (κ1) is 14.4. The summed E-state index contributed by atoms with van der Waals surface area (Å²) in [6.07, 6.45) is -1.24. The van der Waals surface area contributed by atoms with E-state index in [0.717, 1.165) is 6.07 Å². The number of aliphatic hydroxyl groups is 1. The van der Waals surface area contributed by atoms with Gasteiger partial charge in [0.05, 0.1) is 37.3 Å². The maximum atomic E-state index is 12.5. The average Bonchev–Trinajstić information content (AvgIpc) is 2.93. The van der Waals surface area contributed by atoms with Gasteiger partial charge in [-0.3, -0.25) is 9.36 Å². The smallest absolute Gasteiger partial charge is 0.394 e. The Hall–Kier alpha value is -2.03. The van der Waals surface area contributed by atoms with Gasteiger partial charge >= 0.3 is 6.18 Å². The summed E-state index contributed by atoms with van der Waals surface area (Å²) in [5.41, 5.74) is 0.160. The number of aromatic nitrogens is 4. The predicted molar refractivity (Wildman–Crippen MR) is 64.8 cm³/mol. The van der Waals surface area contributed by atoms with Crippen molar-refractivity contribution in [1.82, 2.24) is 19.6 Å². The molecule has 0 aliphatic carbocycles. The van der Waals surface area contributed by atoms with Crippen LogP contribution in [0.25, 0.3) is 0 Å². The van der Waals surface area contributed by atoms with Gasteiger partial charge in [0.1, 0.15) is 0 Å². The summed E-state index contributed by atoms with van der Waals surface area (Å²) in [6, 6.07) is 1.01. The van der Waals surface area contributed by atoms with Gasteiger partial charge in [0.15, 0.2) is 5.69 Å². The molecule has 0 saturated heterocycles. The van der Waals surface area contributed by atoms with E-state index < -0.39 is 11.9 Å². The van der Waals surface area contributed by atoms with Gasteiger partial charge in [0.25, 0.3) is 0 Å². The number of halogens is 3. The molecule has 0 bridgehead atoms. The van der Waals surface area contributed by atoms with E-state index in [0.29, 0.717) is 17.9 Å². The Morgan fingerprint density at radius 3 is 2.75 bits per heavy atom. The number of aliphatic hydroxyl groups excluding tert-OH is 1. The Kier molecular flexibility index (Phi) is 3.98. The van der Waals surface area contributed by atoms with Crippen molar-refractivity contribution in [2.75, 3.05) is 11.9 Å². The van der Waals surface area contributed by atoms with Crippen molar-refractivity contribution < 1.29 is 18.3 Å². The highest BCUT2D eigenvalue weighted by Gasteiger charge is 2.34. The SMILES string of the molecule is Cn1nc(C(F)(F)F)cc1CNc1cnn(CCO)c1. The van der Waals surface area contributed by atoms with Crippen LogP contribution in [0.15, 0.2) is 18.5 Å². The zero-order valence-electron chi connectivity index (χ0n) is 10.7. The minimum absolute atomic E-state index is 0.0300. The highest BCUT2D eigenvalue weighted by Crippen LogP contribution is 2.28. The van der Waals surface area contributed by atoms with E-state index in [-0.39, 0.29) is 13.2 Å². The second-order valence-corrected chi connectivity index (χ2v) is 4.21. The summed E-state index contributed by atoms with van der Waals surface area (Å²) < 4.78 is 40.2. The zero-order valence-corrected chi connectivity index (χ0v) is 10.7. The molecule has 2 N–H and O–H groups in total. The summed E-state index contributed by atoms with van der Waals surface area (Å²) >= 11 is 0. The normalized spacial score (nSPS) is 11.8. The summed E-state index contributed by atoms with van der Waals surface area (Å²) in [6.45, 7) is 0.536. The van der Waals surface area contributed by atoms with E-state index >= 15 is 0 Å². The number of hydrogen-bond donors (Lipinski definition) is 2. The topological polar surface area (TPSA) is 67.9 Å². The maximum Gasteiger partial charge on any atom is 0.435 e. The molecule has 2 heterocycles. The molecule has 0 aliphatic heterocycles. The first-order valence-corrected chi connectivity index (χ1v) is 5.87. The van der Waals surface area contributed by atoms with Crippen LogP contribution in [0.4, 0.5) is 18.9 Å². The first-order chi connectivity index (χ1) is 9.40. The molecule has 0 saturated carbocycles. The van der Waals surface area contributed by atoms with E-state index in [4.69, 9.17) is 5.11 Å². The Bertz CT molecular complexity index is 575. The van der Waals surface area contributed by atoms with Gasteiger partial charge in [-0.15, -0.1) is 0 Å². The van der Waals surface area contributed by atoms with Crippen LogP contribution < -0.4 is 5.32 Å². The quantitative estimate of drug-likeness (QED) is 0.869. The van der Waals surface area contributed by atoms with Crippen molar-refractivity contribution in [3.05, 3.63) is 29.8 Å². The molecule has 0 amide bonds. The second kappa shape index (κ2) is 5.53. The van der Waals surface area contributed by atoms with Crippen LogP contribution in [0.2, 0.25) is 0 Å². The second-order valence-electron chi connectivity index (χ2n) is 4.21. The molecule has 0 aliphatic rings. The lowest BCUT2D eigenvalue weighted by atomic mass is 10.3. The first-order valence-electron chi connectivity index (χ1n) is 5.87. The molecule has 6 nitrogen and oxygen atoms in total. The van der Waals surface area contributed by atoms with Crippen molar-refractivity contribution in [3.63, 3.8) is 0 Å². The molecule has 0 spiro atoms. The molecule has 110 valence electrons. The van der Waals surface area contributed by atoms with E-state index in [1.54, 1.807) is 6.20 Å². The predicted octanol–water partition coefficient (Wildman–Crippen LogP) is 1.24. The number of alkyl halides is 3. The molecule has 0 unspecified atom stereocenters. The third-order valence-electron chi connectivity index (χ3n) is 2.70. The largest absolute Gasteiger partial charge is 0.435 e. The molecule has 2 aromatic heterocycles. The number of aryl methyl sites for hydroxylation is 1. The van der Waals surface area contributed by atoms with Crippen LogP contribution in [0.1, 0.15) is 11.4 Å². The van der Waals surface area contributed by atoms with E-state index in [9.17, 15) is 13.2 Å². The van der Waals surface area contributed by atoms with E-state index in [2.05, 4.69) is 15.5 Å². The van der Waals surface area contributed by atoms with Crippen molar-refractivity contribution in [2.45, 2.75) is 19.3 Å². The standard InChI is InChI=1S/C11H14F3N5O/c1-18-9(4-10(17-18)11(12,13)14)6-15-8-5-16-19(7-8)2-3-20/h4-5,7,15,20H,2-3,6H2,1H3. The van der Waals surface area contributed by atoms with Crippen LogP contribution in [-0.4, -0.2) is 31.3 Å². The summed E-state index contributed by atoms with van der Waals surface area (Å²) in [5.74, 6) is 0. The Morgan fingerprint density at radius 1 is 1.40 bits per heavy atom. The fourth-order valence-corrected chi connectivity index (χ4v) is 1.68. The number of nitrogens with zero attached hydrogens (tertiary/aromatic N) is 4. The monoisotopic (exact) mass is 289 g/mol. The molecule has 0 fully saturated rings. The summed E-state index contributed by atoms with van der Waals surface area (Å²) in [4.78, 5) is 0. The van der Waals surface area contributed by atoms with Gasteiger partial charge in [-0.25, -0.2) is 0 Å². The number of hydrogen-bond acceptors (Lipinski definition) is 4. The lowest BCUT2D eigenvalue weighted by molar-refractivity contribution is -0.141. The van der Waals surface area contributed by atoms with Gasteiger partial charge in [-0.2, -0.15) is 23.4 Å². The van der Waals surface area contributed by atoms with Crippen LogP contribution >= 0.6 is 0 Å². The molecule has 20 heavy (non-hydrogen) atoms. The van der Waals surface area contributed by atoms with Gasteiger partial charge in [0.2, 0.25) is 0 Å². The van der Waals surface area contributed by atoms with Crippen molar-refractivity contribution in [2.24, 2.45) is 7.05 Å². The third kappa shape index (κ3) is 3.29. The number of rotatable bonds is 5. The lowest BCUT2D eigenvalue weighted by Crippen LogP contribution is -2.07. The van der Waals surface area contributed by atoms with Crippen LogP contribution in [0.3, 0.4) is 0 Å². The fourth-order valence-electron chi connectivity index (χ4n) is 1.68. The molecule has 2 rings (SSSR count). The summed E-state index contributed by atoms with van der Waals surface area (Å²) in [7, 11) is 1.46. The van der Waals surface area contributed by atoms with Crippen molar-refractivity contribution in [1.29, 1.82) is 0 Å². The van der Waals surface area contributed by atoms with Crippen molar-refractivity contribution in [3.8, 4) is 0 Å². The van der Waals surface area contributed by atoms with Gasteiger partial charge in [-0.05, 0) is 6.07 Å². The fraction of sp³-hybridized carbons (Fsp3) is 0.455. The molecular formula is C11H14F3N5O. The number of anilines is 1. The Labute approximate surface area is 112 Å². The molecular weight excluding hydrogens is 275 g/mol. The molecule has 0 radical (unpaired) electrons. The minimum atomic E-state index is -4.44. The molecule has 9 heteroatoms. The van der Waals surface area contributed by atoms with E-state index in [1.165, 1.54) is 22.6 Å². The highest BCUT2D eigenvalue weighted by molar-refractivity contribution is 5.38. The van der Waals surface area contributed by atoms with Gasteiger partial charge in [0, 0.05) is 13.2 Å². The van der Waals surface area contributed by atoms with Crippen LogP contribution in [0.5, 0.6) is 0 Å². The van der Waals surface area contributed by atoms with Gasteiger partial charge in [-0.1, -0.05) is 0 Å². The van der Waals surface area contributed by atoms with Crippen LogP contribution in [-0.2, 0) is 26.3 Å². The van der Waals surface area contributed by atoms with Gasteiger partial charge < -0.3 is 10.4 Å². The molecule has 0 aromatic carbocycles.